The fourth-order valence-corrected chi connectivity index (χ4v) is 4.55. The molecule has 1 aromatic rings. The molecule has 2 fully saturated rings. The number of benzene rings is 1. The van der Waals surface area contributed by atoms with Crippen molar-refractivity contribution in [1.82, 2.24) is 9.80 Å². The second-order valence-electron chi connectivity index (χ2n) is 6.57. The van der Waals surface area contributed by atoms with E-state index in [2.05, 4.69) is 0 Å². The maximum absolute atomic E-state index is 13.0. The molecule has 1 unspecified atom stereocenters. The first-order valence-corrected chi connectivity index (χ1v) is 10.1. The quantitative estimate of drug-likeness (QED) is 0.581. The molecule has 0 spiro atoms. The normalized spacial score (nSPS) is 21.5. The predicted octanol–water partition coefficient (Wildman–Crippen LogP) is 2.88. The number of hydrogen-bond donors (Lipinski definition) is 1. The van der Waals surface area contributed by atoms with Crippen LogP contribution in [0.15, 0.2) is 29.2 Å². The Kier molecular flexibility index (Phi) is 6.46. The Balaban J connectivity index is 1.63. The molecule has 6 nitrogen and oxygen atoms in total. The third kappa shape index (κ3) is 4.59. The van der Waals surface area contributed by atoms with Gasteiger partial charge in [-0.1, -0.05) is 36.1 Å². The molecule has 2 heterocycles. The average Bonchev–Trinajstić information content (AvgIpc) is 2.94. The topological polar surface area (TPSA) is 77.9 Å². The first-order valence-electron chi connectivity index (χ1n) is 8.90. The van der Waals surface area contributed by atoms with Gasteiger partial charge in [-0.15, -0.1) is 0 Å². The van der Waals surface area contributed by atoms with Gasteiger partial charge in [0.25, 0.3) is 5.91 Å². The standard InChI is InChI=1S/C19H19FN2O4S2/c20-13-6-4-12(5-7-13)11-15-17(24)22(19(27)28-15)10-8-16(23)21-9-2-1-3-14(21)18(25)26/h4-7,11,14H,1-3,8-10H2,(H,25,26)/b15-11+. The molecule has 0 aromatic heterocycles. The van der Waals surface area contributed by atoms with Crippen molar-refractivity contribution in [1.29, 1.82) is 0 Å². The van der Waals surface area contributed by atoms with Crippen LogP contribution in [0.1, 0.15) is 31.2 Å². The van der Waals surface area contributed by atoms with E-state index >= 15 is 0 Å². The van der Waals surface area contributed by atoms with Gasteiger partial charge in [0.2, 0.25) is 5.91 Å². The van der Waals surface area contributed by atoms with Gasteiger partial charge in [0.1, 0.15) is 16.2 Å². The van der Waals surface area contributed by atoms with Gasteiger partial charge in [-0.3, -0.25) is 14.5 Å². The number of carbonyl (C=O) groups excluding carboxylic acids is 2. The van der Waals surface area contributed by atoms with Gasteiger partial charge in [-0.05, 0) is 43.0 Å². The van der Waals surface area contributed by atoms with Gasteiger partial charge in [-0.2, -0.15) is 0 Å². The number of carboxylic acid groups (broad SMARTS) is 1. The lowest BCUT2D eigenvalue weighted by Crippen LogP contribution is -2.48. The molecule has 0 saturated carbocycles. The fourth-order valence-electron chi connectivity index (χ4n) is 3.24. The summed E-state index contributed by atoms with van der Waals surface area (Å²) >= 11 is 6.38. The number of piperidine rings is 1. The summed E-state index contributed by atoms with van der Waals surface area (Å²) in [5.74, 6) is -1.95. The minimum atomic E-state index is -0.999. The lowest BCUT2D eigenvalue weighted by atomic mass is 10.0. The number of aliphatic carboxylic acids is 1. The zero-order chi connectivity index (χ0) is 20.3. The highest BCUT2D eigenvalue weighted by Gasteiger charge is 2.35. The number of carboxylic acids is 1. The zero-order valence-corrected chi connectivity index (χ0v) is 16.6. The highest BCUT2D eigenvalue weighted by Crippen LogP contribution is 2.32. The van der Waals surface area contributed by atoms with E-state index < -0.39 is 12.0 Å². The molecule has 1 atom stereocenters. The van der Waals surface area contributed by atoms with Crippen LogP contribution in [0.25, 0.3) is 6.08 Å². The molecule has 28 heavy (non-hydrogen) atoms. The van der Waals surface area contributed by atoms with E-state index in [0.29, 0.717) is 27.8 Å². The van der Waals surface area contributed by atoms with Gasteiger partial charge in [0.15, 0.2) is 0 Å². The Bertz CT molecular complexity index is 841. The van der Waals surface area contributed by atoms with E-state index in [-0.39, 0.29) is 30.6 Å². The van der Waals surface area contributed by atoms with Crippen molar-refractivity contribution in [3.05, 3.63) is 40.6 Å². The van der Waals surface area contributed by atoms with Gasteiger partial charge in [0.05, 0.1) is 4.91 Å². The van der Waals surface area contributed by atoms with Crippen LogP contribution in [0, 0.1) is 5.82 Å². The molecule has 2 aliphatic heterocycles. The maximum Gasteiger partial charge on any atom is 0.326 e. The minimum absolute atomic E-state index is 0.0139. The van der Waals surface area contributed by atoms with Crippen molar-refractivity contribution >= 4 is 52.2 Å². The number of amides is 2. The Morgan fingerprint density at radius 2 is 2.00 bits per heavy atom. The van der Waals surface area contributed by atoms with Crippen molar-refractivity contribution in [2.45, 2.75) is 31.7 Å². The van der Waals surface area contributed by atoms with Crippen molar-refractivity contribution in [3.8, 4) is 0 Å². The smallest absolute Gasteiger partial charge is 0.326 e. The SMILES string of the molecule is O=C(O)C1CCCCN1C(=O)CCN1C(=O)/C(=C\c2ccc(F)cc2)SC1=S. The molecule has 2 saturated heterocycles. The van der Waals surface area contributed by atoms with Crippen LogP contribution in [0.4, 0.5) is 4.39 Å². The molecular weight excluding hydrogens is 403 g/mol. The van der Waals surface area contributed by atoms with Crippen molar-refractivity contribution < 1.29 is 23.9 Å². The number of nitrogens with zero attached hydrogens (tertiary/aromatic N) is 2. The van der Waals surface area contributed by atoms with Gasteiger partial charge < -0.3 is 10.0 Å². The third-order valence-electron chi connectivity index (χ3n) is 4.70. The first-order chi connectivity index (χ1) is 13.4. The fraction of sp³-hybridized carbons (Fsp3) is 0.368. The van der Waals surface area contributed by atoms with Crippen LogP contribution >= 0.6 is 24.0 Å². The van der Waals surface area contributed by atoms with Crippen LogP contribution in [-0.2, 0) is 14.4 Å². The number of halogens is 1. The maximum atomic E-state index is 13.0. The molecule has 2 amide bonds. The van der Waals surface area contributed by atoms with Gasteiger partial charge in [0, 0.05) is 19.5 Å². The Morgan fingerprint density at radius 3 is 2.68 bits per heavy atom. The number of carbonyl (C=O) groups is 3. The largest absolute Gasteiger partial charge is 0.480 e. The van der Waals surface area contributed by atoms with Crippen LogP contribution in [-0.4, -0.2) is 56.1 Å². The molecule has 2 aliphatic rings. The van der Waals surface area contributed by atoms with E-state index in [4.69, 9.17) is 12.2 Å². The monoisotopic (exact) mass is 422 g/mol. The van der Waals surface area contributed by atoms with Gasteiger partial charge >= 0.3 is 5.97 Å². The van der Waals surface area contributed by atoms with Crippen LogP contribution < -0.4 is 0 Å². The van der Waals surface area contributed by atoms with E-state index in [1.54, 1.807) is 18.2 Å². The second-order valence-corrected chi connectivity index (χ2v) is 8.25. The van der Waals surface area contributed by atoms with E-state index in [9.17, 15) is 23.9 Å². The summed E-state index contributed by atoms with van der Waals surface area (Å²) in [6.45, 7) is 0.520. The van der Waals surface area contributed by atoms with Crippen molar-refractivity contribution in [2.75, 3.05) is 13.1 Å². The Hall–Kier alpha value is -2.26. The van der Waals surface area contributed by atoms with E-state index in [1.165, 1.54) is 21.9 Å². The molecule has 1 aromatic carbocycles. The highest BCUT2D eigenvalue weighted by molar-refractivity contribution is 8.26. The summed E-state index contributed by atoms with van der Waals surface area (Å²) in [7, 11) is 0. The molecular formula is C19H19FN2O4S2. The number of hydrogen-bond acceptors (Lipinski definition) is 5. The Labute approximate surface area is 171 Å². The lowest BCUT2D eigenvalue weighted by molar-refractivity contribution is -0.152. The van der Waals surface area contributed by atoms with Crippen LogP contribution in [0.5, 0.6) is 0 Å². The number of likely N-dealkylation sites (tertiary alicyclic amines) is 1. The predicted molar refractivity (Wildman–Crippen MR) is 108 cm³/mol. The van der Waals surface area contributed by atoms with Gasteiger partial charge in [-0.25, -0.2) is 9.18 Å². The summed E-state index contributed by atoms with van der Waals surface area (Å²) in [6, 6.07) is 4.94. The molecule has 3 rings (SSSR count). The van der Waals surface area contributed by atoms with Crippen LogP contribution in [0.2, 0.25) is 0 Å². The number of thiocarbonyl (C=S) groups is 1. The number of rotatable bonds is 5. The van der Waals surface area contributed by atoms with E-state index in [1.807, 2.05) is 0 Å². The molecule has 0 bridgehead atoms. The molecule has 148 valence electrons. The summed E-state index contributed by atoms with van der Waals surface area (Å²) in [5, 5.41) is 9.30. The summed E-state index contributed by atoms with van der Waals surface area (Å²) in [6.07, 6.45) is 3.65. The zero-order valence-electron chi connectivity index (χ0n) is 15.0. The van der Waals surface area contributed by atoms with Crippen molar-refractivity contribution in [2.24, 2.45) is 0 Å². The summed E-state index contributed by atoms with van der Waals surface area (Å²) < 4.78 is 13.4. The van der Waals surface area contributed by atoms with Crippen LogP contribution in [0.3, 0.4) is 0 Å². The van der Waals surface area contributed by atoms with E-state index in [0.717, 1.165) is 24.6 Å². The van der Waals surface area contributed by atoms with Crippen molar-refractivity contribution in [3.63, 3.8) is 0 Å². The minimum Gasteiger partial charge on any atom is -0.480 e. The first kappa shape index (κ1) is 20.5. The number of thioether (sulfide) groups is 1. The average molecular weight is 423 g/mol. The lowest BCUT2D eigenvalue weighted by Gasteiger charge is -2.33. The summed E-state index contributed by atoms with van der Waals surface area (Å²) in [4.78, 5) is 39.6. The third-order valence-corrected chi connectivity index (χ3v) is 6.08. The summed E-state index contributed by atoms with van der Waals surface area (Å²) in [5.41, 5.74) is 0.676. The highest BCUT2D eigenvalue weighted by atomic mass is 32.2. The second kappa shape index (κ2) is 8.83. The molecule has 1 N–H and O–H groups in total. The Morgan fingerprint density at radius 1 is 1.29 bits per heavy atom. The molecule has 0 aliphatic carbocycles. The molecule has 9 heteroatoms. The molecule has 0 radical (unpaired) electrons.